The normalized spacial score (nSPS) is 20.2. The lowest BCUT2D eigenvalue weighted by Crippen LogP contribution is -2.40. The maximum absolute atomic E-state index is 13.1. The summed E-state index contributed by atoms with van der Waals surface area (Å²) in [5, 5.41) is 11.0. The van der Waals surface area contributed by atoms with Gasteiger partial charge in [-0.2, -0.15) is 4.31 Å². The van der Waals surface area contributed by atoms with Crippen LogP contribution in [0.25, 0.3) is 0 Å². The van der Waals surface area contributed by atoms with E-state index in [1.54, 1.807) is 0 Å². The molecule has 0 radical (unpaired) electrons. The Hall–Kier alpha value is -1.75. The van der Waals surface area contributed by atoms with Crippen molar-refractivity contribution in [2.24, 2.45) is 5.92 Å². The van der Waals surface area contributed by atoms with Crippen LogP contribution in [0.4, 0.5) is 5.69 Å². The molecule has 0 bridgehead atoms. The highest BCUT2D eigenvalue weighted by Gasteiger charge is 2.33. The van der Waals surface area contributed by atoms with Crippen molar-refractivity contribution in [3.63, 3.8) is 0 Å². The molecule has 2 aliphatic heterocycles. The number of benzene rings is 1. The summed E-state index contributed by atoms with van der Waals surface area (Å²) in [5.41, 5.74) is -0.264. The predicted octanol–water partition coefficient (Wildman–Crippen LogP) is 1.73. The molecule has 2 aliphatic rings. The second kappa shape index (κ2) is 9.17. The van der Waals surface area contributed by atoms with Gasteiger partial charge in [-0.1, -0.05) is 0 Å². The van der Waals surface area contributed by atoms with Crippen LogP contribution in [0.15, 0.2) is 23.1 Å². The molecule has 0 aromatic heterocycles. The molecular formula is C18H27N3O6S. The minimum atomic E-state index is -3.84. The van der Waals surface area contributed by atoms with E-state index in [0.717, 1.165) is 58.2 Å². The molecule has 0 N–H and O–H groups in total. The van der Waals surface area contributed by atoms with E-state index in [2.05, 4.69) is 4.90 Å². The number of non-ortho nitro benzene ring substituents is 1. The zero-order valence-electron chi connectivity index (χ0n) is 16.1. The Bertz CT molecular complexity index is 787. The van der Waals surface area contributed by atoms with Gasteiger partial charge in [0.25, 0.3) is 5.69 Å². The minimum Gasteiger partial charge on any atom is -0.495 e. The van der Waals surface area contributed by atoms with E-state index < -0.39 is 14.9 Å². The van der Waals surface area contributed by atoms with Gasteiger partial charge in [-0.3, -0.25) is 15.0 Å². The van der Waals surface area contributed by atoms with Gasteiger partial charge in [0.1, 0.15) is 10.6 Å². The lowest BCUT2D eigenvalue weighted by atomic mass is 9.94. The molecule has 0 atom stereocenters. The summed E-state index contributed by atoms with van der Waals surface area (Å²) in [5.74, 6) is 0.612. The van der Waals surface area contributed by atoms with Crippen molar-refractivity contribution in [3.05, 3.63) is 28.3 Å². The molecule has 1 aromatic rings. The minimum absolute atomic E-state index is 0.125. The molecule has 2 fully saturated rings. The summed E-state index contributed by atoms with van der Waals surface area (Å²) >= 11 is 0. The number of hydrogen-bond donors (Lipinski definition) is 0. The van der Waals surface area contributed by atoms with Crippen molar-refractivity contribution in [3.8, 4) is 5.75 Å². The largest absolute Gasteiger partial charge is 0.495 e. The number of ether oxygens (including phenoxy) is 2. The second-order valence-electron chi connectivity index (χ2n) is 7.18. The summed E-state index contributed by atoms with van der Waals surface area (Å²) < 4.78 is 38.0. The van der Waals surface area contributed by atoms with E-state index in [9.17, 15) is 18.5 Å². The fourth-order valence-corrected chi connectivity index (χ4v) is 5.39. The van der Waals surface area contributed by atoms with Gasteiger partial charge < -0.3 is 9.47 Å². The number of sulfonamides is 1. The van der Waals surface area contributed by atoms with Crippen molar-refractivity contribution in [2.45, 2.75) is 24.2 Å². The third-order valence-corrected chi connectivity index (χ3v) is 7.43. The van der Waals surface area contributed by atoms with E-state index in [1.807, 2.05) is 0 Å². The smallest absolute Gasteiger partial charge is 0.271 e. The first kappa shape index (κ1) is 21.0. The van der Waals surface area contributed by atoms with Crippen LogP contribution < -0.4 is 4.74 Å². The van der Waals surface area contributed by atoms with Crippen LogP contribution in [0.3, 0.4) is 0 Å². The van der Waals surface area contributed by atoms with Gasteiger partial charge in [0.15, 0.2) is 0 Å². The number of nitrogens with zero attached hydrogens (tertiary/aromatic N) is 3. The van der Waals surface area contributed by atoms with Crippen LogP contribution >= 0.6 is 0 Å². The molecule has 28 heavy (non-hydrogen) atoms. The maximum atomic E-state index is 13.1. The molecule has 156 valence electrons. The lowest BCUT2D eigenvalue weighted by molar-refractivity contribution is -0.385. The number of nitro groups is 1. The summed E-state index contributed by atoms with van der Waals surface area (Å²) in [6.07, 6.45) is 2.63. The van der Waals surface area contributed by atoms with Gasteiger partial charge >= 0.3 is 0 Å². The monoisotopic (exact) mass is 413 g/mol. The van der Waals surface area contributed by atoms with Gasteiger partial charge in [-0.05, 0) is 37.8 Å². The van der Waals surface area contributed by atoms with Gasteiger partial charge in [0, 0.05) is 38.3 Å². The Morgan fingerprint density at radius 1 is 1.21 bits per heavy atom. The van der Waals surface area contributed by atoms with Gasteiger partial charge in [0.2, 0.25) is 10.0 Å². The molecule has 2 heterocycles. The molecule has 0 aliphatic carbocycles. The number of piperidine rings is 1. The van der Waals surface area contributed by atoms with E-state index >= 15 is 0 Å². The Morgan fingerprint density at radius 3 is 2.50 bits per heavy atom. The molecule has 0 amide bonds. The van der Waals surface area contributed by atoms with Crippen LogP contribution in [-0.4, -0.2) is 75.6 Å². The van der Waals surface area contributed by atoms with Crippen molar-refractivity contribution in [1.82, 2.24) is 9.21 Å². The van der Waals surface area contributed by atoms with Gasteiger partial charge in [0.05, 0.1) is 25.2 Å². The first-order valence-corrected chi connectivity index (χ1v) is 11.0. The van der Waals surface area contributed by atoms with Gasteiger partial charge in [-0.15, -0.1) is 0 Å². The van der Waals surface area contributed by atoms with Crippen LogP contribution in [0.2, 0.25) is 0 Å². The molecule has 10 heteroatoms. The molecule has 3 rings (SSSR count). The Morgan fingerprint density at radius 2 is 1.89 bits per heavy atom. The SMILES string of the molecule is COc1ccc([N+](=O)[O-])cc1S(=O)(=O)N1CCC(CCN2CCOCC2)CC1. The standard InChI is InChI=1S/C18H27N3O6S/c1-26-17-3-2-16(21(22)23)14-18(17)28(24,25)20-8-5-15(6-9-20)4-7-19-10-12-27-13-11-19/h2-3,14-15H,4-13H2,1H3. The first-order chi connectivity index (χ1) is 13.4. The summed E-state index contributed by atoms with van der Waals surface area (Å²) in [6, 6.07) is 3.66. The quantitative estimate of drug-likeness (QED) is 0.495. The predicted molar refractivity (Wildman–Crippen MR) is 103 cm³/mol. The molecule has 0 unspecified atom stereocenters. The second-order valence-corrected chi connectivity index (χ2v) is 9.09. The summed E-state index contributed by atoms with van der Waals surface area (Å²) in [4.78, 5) is 12.7. The van der Waals surface area contributed by atoms with Crippen molar-refractivity contribution in [1.29, 1.82) is 0 Å². The highest BCUT2D eigenvalue weighted by molar-refractivity contribution is 7.89. The third-order valence-electron chi connectivity index (χ3n) is 5.51. The summed E-state index contributed by atoms with van der Waals surface area (Å²) in [7, 11) is -2.48. The third kappa shape index (κ3) is 4.80. The van der Waals surface area contributed by atoms with Crippen LogP contribution in [0.1, 0.15) is 19.3 Å². The molecular weight excluding hydrogens is 386 g/mol. The zero-order valence-corrected chi connectivity index (χ0v) is 16.9. The summed E-state index contributed by atoms with van der Waals surface area (Å²) in [6.45, 7) is 5.33. The van der Waals surface area contributed by atoms with Crippen LogP contribution in [-0.2, 0) is 14.8 Å². The van der Waals surface area contributed by atoms with E-state index in [0.29, 0.717) is 19.0 Å². The van der Waals surface area contributed by atoms with Crippen molar-refractivity contribution >= 4 is 15.7 Å². The van der Waals surface area contributed by atoms with E-state index in [-0.39, 0.29) is 16.3 Å². The van der Waals surface area contributed by atoms with Gasteiger partial charge in [-0.25, -0.2) is 8.42 Å². The first-order valence-electron chi connectivity index (χ1n) is 9.54. The molecule has 1 aromatic carbocycles. The number of hydrogen-bond acceptors (Lipinski definition) is 7. The molecule has 9 nitrogen and oxygen atoms in total. The van der Waals surface area contributed by atoms with Crippen LogP contribution in [0, 0.1) is 16.0 Å². The fraction of sp³-hybridized carbons (Fsp3) is 0.667. The molecule has 0 spiro atoms. The molecule has 0 saturated carbocycles. The number of morpholine rings is 1. The lowest BCUT2D eigenvalue weighted by Gasteiger charge is -2.33. The Balaban J connectivity index is 1.63. The number of rotatable bonds is 7. The van der Waals surface area contributed by atoms with Crippen molar-refractivity contribution < 1.29 is 22.8 Å². The Kier molecular flexibility index (Phi) is 6.86. The zero-order chi connectivity index (χ0) is 20.1. The van der Waals surface area contributed by atoms with Crippen molar-refractivity contribution in [2.75, 3.05) is 53.0 Å². The fourth-order valence-electron chi connectivity index (χ4n) is 3.75. The van der Waals surface area contributed by atoms with E-state index in [4.69, 9.17) is 9.47 Å². The average Bonchev–Trinajstić information content (AvgIpc) is 2.72. The number of methoxy groups -OCH3 is 1. The average molecular weight is 413 g/mol. The topological polar surface area (TPSA) is 102 Å². The van der Waals surface area contributed by atoms with Crippen LogP contribution in [0.5, 0.6) is 5.75 Å². The Labute approximate surface area is 165 Å². The van der Waals surface area contributed by atoms with E-state index in [1.165, 1.54) is 23.5 Å². The molecule has 2 saturated heterocycles. The highest BCUT2D eigenvalue weighted by Crippen LogP contribution is 2.33. The number of nitro benzene ring substituents is 1. The maximum Gasteiger partial charge on any atom is 0.271 e. The highest BCUT2D eigenvalue weighted by atomic mass is 32.2.